The van der Waals surface area contributed by atoms with E-state index in [9.17, 15) is 32.9 Å². The van der Waals surface area contributed by atoms with Gasteiger partial charge in [-0.05, 0) is 36.4 Å². The second-order valence-electron chi connectivity index (χ2n) is 7.77. The number of carbonyl (C=O) groups is 2. The molecule has 0 heterocycles. The van der Waals surface area contributed by atoms with Gasteiger partial charge >= 0.3 is 6.18 Å². The first-order chi connectivity index (χ1) is 18.8. The van der Waals surface area contributed by atoms with E-state index in [0.29, 0.717) is 6.07 Å². The maximum atomic E-state index is 12.9. The van der Waals surface area contributed by atoms with E-state index in [2.05, 4.69) is 10.6 Å². The Kier molecular flexibility index (Phi) is 10.3. The summed E-state index contributed by atoms with van der Waals surface area (Å²) in [6.07, 6.45) is -4.62. The number of carbonyl (C=O) groups excluding carboxylic acids is 2. The zero-order chi connectivity index (χ0) is 29.6. The lowest BCUT2D eigenvalue weighted by molar-refractivity contribution is -0.385. The first-order valence-electron chi connectivity index (χ1n) is 10.9. The second-order valence-corrected chi connectivity index (χ2v) is 9.43. The molecule has 2 amide bonds. The number of amides is 2. The maximum absolute atomic E-state index is 12.9. The third-order valence-electron chi connectivity index (χ3n) is 4.94. The van der Waals surface area contributed by atoms with Gasteiger partial charge in [0, 0.05) is 30.2 Å². The van der Waals surface area contributed by atoms with E-state index in [4.69, 9.17) is 55.9 Å². The molecule has 0 saturated heterocycles. The van der Waals surface area contributed by atoms with Gasteiger partial charge in [0.05, 0.1) is 25.6 Å². The Morgan fingerprint density at radius 1 is 0.900 bits per heavy atom. The minimum absolute atomic E-state index is 0.0585. The highest BCUT2D eigenvalue weighted by molar-refractivity contribution is 6.40. The average molecular weight is 641 g/mol. The summed E-state index contributed by atoms with van der Waals surface area (Å²) < 4.78 is 49.3. The molecule has 0 atom stereocenters. The smallest absolute Gasteiger partial charge is 0.416 e. The van der Waals surface area contributed by atoms with Crippen molar-refractivity contribution in [1.82, 2.24) is 10.6 Å². The highest BCUT2D eigenvalue weighted by Gasteiger charge is 2.31. The molecule has 40 heavy (non-hydrogen) atoms. The Morgan fingerprint density at radius 2 is 1.55 bits per heavy atom. The van der Waals surface area contributed by atoms with Gasteiger partial charge in [0.1, 0.15) is 17.1 Å². The van der Waals surface area contributed by atoms with Crippen molar-refractivity contribution in [2.75, 3.05) is 19.7 Å². The highest BCUT2D eigenvalue weighted by Crippen LogP contribution is 2.37. The van der Waals surface area contributed by atoms with Crippen LogP contribution in [0.2, 0.25) is 20.1 Å². The number of nitro groups is 1. The normalized spacial score (nSPS) is 11.1. The summed E-state index contributed by atoms with van der Waals surface area (Å²) in [6.45, 7) is -0.645. The summed E-state index contributed by atoms with van der Waals surface area (Å²) >= 11 is 23.7. The van der Waals surface area contributed by atoms with Gasteiger partial charge in [-0.15, -0.1) is 0 Å². The molecule has 0 aliphatic carbocycles. The molecule has 0 unspecified atom stereocenters. The molecule has 3 aromatic rings. The Labute approximate surface area is 244 Å². The molecule has 3 aromatic carbocycles. The van der Waals surface area contributed by atoms with E-state index in [1.807, 2.05) is 0 Å². The molecule has 0 radical (unpaired) electrons. The van der Waals surface area contributed by atoms with Crippen molar-refractivity contribution in [3.05, 3.63) is 89.9 Å². The lowest BCUT2D eigenvalue weighted by atomic mass is 10.1. The van der Waals surface area contributed by atoms with Gasteiger partial charge in [-0.25, -0.2) is 0 Å². The van der Waals surface area contributed by atoms with Crippen molar-refractivity contribution in [3.63, 3.8) is 0 Å². The number of nitrogens with one attached hydrogen (secondary N) is 2. The zero-order valence-electron chi connectivity index (χ0n) is 19.8. The number of rotatable bonds is 10. The average Bonchev–Trinajstić information content (AvgIpc) is 2.86. The number of benzene rings is 3. The van der Waals surface area contributed by atoms with Crippen molar-refractivity contribution >= 4 is 63.9 Å². The molecule has 3 rings (SSSR count). The Bertz CT molecular complexity index is 1430. The van der Waals surface area contributed by atoms with Crippen LogP contribution < -0.4 is 20.1 Å². The fourth-order valence-electron chi connectivity index (χ4n) is 3.14. The van der Waals surface area contributed by atoms with Crippen LogP contribution in [0.15, 0.2) is 48.5 Å². The zero-order valence-corrected chi connectivity index (χ0v) is 22.8. The predicted octanol–water partition coefficient (Wildman–Crippen LogP) is 6.94. The van der Waals surface area contributed by atoms with E-state index < -0.39 is 46.3 Å². The molecule has 0 saturated carbocycles. The van der Waals surface area contributed by atoms with Crippen LogP contribution in [0.1, 0.15) is 15.9 Å². The van der Waals surface area contributed by atoms with E-state index in [1.54, 1.807) is 0 Å². The van der Waals surface area contributed by atoms with Crippen molar-refractivity contribution in [2.24, 2.45) is 0 Å². The van der Waals surface area contributed by atoms with E-state index >= 15 is 0 Å². The van der Waals surface area contributed by atoms with Gasteiger partial charge in [-0.3, -0.25) is 19.7 Å². The molecular formula is C24H16Cl4F3N3O6. The molecule has 212 valence electrons. The van der Waals surface area contributed by atoms with Crippen LogP contribution in [0, 0.1) is 10.1 Å². The van der Waals surface area contributed by atoms with Gasteiger partial charge in [0.2, 0.25) is 0 Å². The minimum Gasteiger partial charge on any atom is -0.481 e. The Balaban J connectivity index is 1.59. The topological polar surface area (TPSA) is 120 Å². The Hall–Kier alpha value is -3.45. The summed E-state index contributed by atoms with van der Waals surface area (Å²) in [7, 11) is 0. The van der Waals surface area contributed by atoms with Gasteiger partial charge in [0.15, 0.2) is 12.4 Å². The van der Waals surface area contributed by atoms with Crippen LogP contribution in [-0.4, -0.2) is 36.4 Å². The largest absolute Gasteiger partial charge is 0.481 e. The number of alkyl halides is 3. The van der Waals surface area contributed by atoms with Crippen molar-refractivity contribution in [2.45, 2.75) is 6.18 Å². The SMILES string of the molecule is O=C(COc1c(Cl)cc(Cl)cc1Cl)NCCNC(=O)c1cc(Oc2ccc(C(F)(F)F)cc2Cl)ccc1[N+](=O)[O-]. The first kappa shape index (κ1) is 31.1. The number of hydrogen-bond acceptors (Lipinski definition) is 6. The van der Waals surface area contributed by atoms with E-state index in [1.165, 1.54) is 12.1 Å². The molecule has 16 heteroatoms. The summed E-state index contributed by atoms with van der Waals surface area (Å²) in [6, 6.07) is 8.34. The molecule has 0 fully saturated rings. The Morgan fingerprint density at radius 3 is 2.15 bits per heavy atom. The quantitative estimate of drug-likeness (QED) is 0.141. The molecule has 0 aliphatic heterocycles. The van der Waals surface area contributed by atoms with Crippen molar-refractivity contribution in [1.29, 1.82) is 0 Å². The van der Waals surface area contributed by atoms with Gasteiger partial charge < -0.3 is 20.1 Å². The molecule has 0 aromatic heterocycles. The van der Waals surface area contributed by atoms with E-state index in [-0.39, 0.29) is 50.4 Å². The number of halogens is 7. The maximum Gasteiger partial charge on any atom is 0.416 e. The summed E-state index contributed by atoms with van der Waals surface area (Å²) in [4.78, 5) is 35.3. The van der Waals surface area contributed by atoms with Crippen LogP contribution in [0.25, 0.3) is 0 Å². The van der Waals surface area contributed by atoms with Crippen LogP contribution in [0.4, 0.5) is 18.9 Å². The van der Waals surface area contributed by atoms with Gasteiger partial charge in [-0.2, -0.15) is 13.2 Å². The monoisotopic (exact) mass is 639 g/mol. The van der Waals surface area contributed by atoms with Crippen LogP contribution in [0.3, 0.4) is 0 Å². The fourth-order valence-corrected chi connectivity index (χ4v) is 4.28. The van der Waals surface area contributed by atoms with E-state index in [0.717, 1.165) is 30.3 Å². The lowest BCUT2D eigenvalue weighted by Gasteiger charge is -2.12. The molecule has 0 spiro atoms. The number of nitrogens with zero attached hydrogens (tertiary/aromatic N) is 1. The van der Waals surface area contributed by atoms with Crippen LogP contribution in [0.5, 0.6) is 17.2 Å². The summed E-state index contributed by atoms with van der Waals surface area (Å²) in [5, 5.41) is 16.4. The molecule has 9 nitrogen and oxygen atoms in total. The van der Waals surface area contributed by atoms with Crippen LogP contribution >= 0.6 is 46.4 Å². The van der Waals surface area contributed by atoms with Gasteiger partial charge in [-0.1, -0.05) is 46.4 Å². The van der Waals surface area contributed by atoms with Crippen molar-refractivity contribution < 1.29 is 37.2 Å². The lowest BCUT2D eigenvalue weighted by Crippen LogP contribution is -2.37. The van der Waals surface area contributed by atoms with Gasteiger partial charge in [0.25, 0.3) is 17.5 Å². The summed E-state index contributed by atoms with van der Waals surface area (Å²) in [5.41, 5.74) is -1.95. The summed E-state index contributed by atoms with van der Waals surface area (Å²) in [5.74, 6) is -1.65. The molecule has 0 aliphatic rings. The van der Waals surface area contributed by atoms with Crippen LogP contribution in [-0.2, 0) is 11.0 Å². The third kappa shape index (κ3) is 8.28. The number of nitro benzene ring substituents is 1. The number of ether oxygens (including phenoxy) is 2. The highest BCUT2D eigenvalue weighted by atomic mass is 35.5. The molecule has 0 bridgehead atoms. The number of hydrogen-bond donors (Lipinski definition) is 2. The third-order valence-corrected chi connectivity index (χ3v) is 6.01. The fraction of sp³-hybridized carbons (Fsp3) is 0.167. The van der Waals surface area contributed by atoms with Crippen molar-refractivity contribution in [3.8, 4) is 17.2 Å². The molecular weight excluding hydrogens is 625 g/mol. The first-order valence-corrected chi connectivity index (χ1v) is 12.4. The molecule has 2 N–H and O–H groups in total. The minimum atomic E-state index is -4.62. The standard InChI is InChI=1S/C24H16Cl4F3N3O6/c25-13-8-17(27)22(18(28)9-13)39-11-21(35)32-5-6-33-23(36)15-10-14(2-3-19(15)34(37)38)40-20-4-1-12(7-16(20)26)24(29,30)31/h1-4,7-10H,5-6,11H2,(H,32,35)(H,33,36). The second kappa shape index (κ2) is 13.3. The predicted molar refractivity (Wildman–Crippen MR) is 142 cm³/mol.